The summed E-state index contributed by atoms with van der Waals surface area (Å²) in [5.41, 5.74) is -0.0261. The van der Waals surface area contributed by atoms with Crippen LogP contribution in [0.2, 0.25) is 0 Å². The Labute approximate surface area is 294 Å². The summed E-state index contributed by atoms with van der Waals surface area (Å²) in [6.45, 7) is 1.35. The summed E-state index contributed by atoms with van der Waals surface area (Å²) in [5.74, 6) is 0.629. The molecule has 0 unspecified atom stereocenters. The first kappa shape index (κ1) is 35.4. The minimum absolute atomic E-state index is 0.0355. The molecule has 3 N–H and O–H groups in total. The summed E-state index contributed by atoms with van der Waals surface area (Å²) in [6.07, 6.45) is -0.655. The molecule has 0 amide bonds. The van der Waals surface area contributed by atoms with Gasteiger partial charge in [-0.25, -0.2) is 4.79 Å². The molecule has 1 aliphatic rings. The molecule has 0 aliphatic carbocycles. The number of para-hydroxylation sites is 2. The Balaban J connectivity index is 1.42. The van der Waals surface area contributed by atoms with Gasteiger partial charge in [-0.2, -0.15) is 13.1 Å². The molecule has 4 aromatic carbocycles. The Bertz CT molecular complexity index is 2140. The number of nitrogens with zero attached hydrogens (tertiary/aromatic N) is 1. The van der Waals surface area contributed by atoms with Crippen LogP contribution < -0.4 is 29.6 Å². The molecule has 1 fully saturated rings. The highest BCUT2D eigenvalue weighted by Gasteiger charge is 2.44. The lowest BCUT2D eigenvalue weighted by Crippen LogP contribution is -2.45. The number of H-pyrrole nitrogens is 1. The van der Waals surface area contributed by atoms with Gasteiger partial charge in [0.05, 0.1) is 26.9 Å². The number of phenolic OH excluding ortho intramolecular Hbond substituents is 1. The Hall–Kier alpha value is -5.41. The average molecular weight is 716 g/mol. The van der Waals surface area contributed by atoms with Gasteiger partial charge < -0.3 is 28.2 Å². The van der Waals surface area contributed by atoms with Crippen molar-refractivity contribution in [3.05, 3.63) is 152 Å². The van der Waals surface area contributed by atoms with Crippen molar-refractivity contribution in [1.29, 1.82) is 0 Å². The fourth-order valence-electron chi connectivity index (χ4n) is 6.12. The minimum atomic E-state index is -4.55. The molecule has 1 aliphatic heterocycles. The third kappa shape index (κ3) is 7.54. The molecule has 1 aromatic heterocycles. The molecule has 0 spiro atoms. The van der Waals surface area contributed by atoms with E-state index in [-0.39, 0.29) is 30.1 Å². The number of hydrogen-bond acceptors (Lipinski definition) is 10. The summed E-state index contributed by atoms with van der Waals surface area (Å²) in [7, 11) is -1.40. The maximum atomic E-state index is 13.4. The normalized spacial score (nSPS) is 17.6. The molecule has 2 heterocycles. The third-order valence-electron chi connectivity index (χ3n) is 8.69. The summed E-state index contributed by atoms with van der Waals surface area (Å²) >= 11 is 0. The number of aryl methyl sites for hydroxylation is 1. The van der Waals surface area contributed by atoms with Gasteiger partial charge in [-0.05, 0) is 60.0 Å². The van der Waals surface area contributed by atoms with E-state index < -0.39 is 45.5 Å². The molecule has 14 heteroatoms. The van der Waals surface area contributed by atoms with E-state index in [0.717, 1.165) is 16.7 Å². The van der Waals surface area contributed by atoms with Gasteiger partial charge in [0.25, 0.3) is 5.56 Å². The first-order valence-electron chi connectivity index (χ1n) is 16.0. The Morgan fingerprint density at radius 1 is 0.863 bits per heavy atom. The predicted molar refractivity (Wildman–Crippen MR) is 187 cm³/mol. The van der Waals surface area contributed by atoms with E-state index in [2.05, 4.69) is 9.71 Å². The van der Waals surface area contributed by atoms with Gasteiger partial charge in [0.1, 0.15) is 29.4 Å². The number of nitrogens with one attached hydrogen (secondary N) is 2. The van der Waals surface area contributed by atoms with Gasteiger partial charge in [0.2, 0.25) is 0 Å². The van der Waals surface area contributed by atoms with E-state index in [4.69, 9.17) is 23.1 Å². The second-order valence-corrected chi connectivity index (χ2v) is 13.2. The van der Waals surface area contributed by atoms with Gasteiger partial charge in [0.15, 0.2) is 11.5 Å². The van der Waals surface area contributed by atoms with Gasteiger partial charge >= 0.3 is 16.0 Å². The standard InChI is InChI=1S/C37H37N3O10S/c1-24-22-40(36(43)38-35(24)42)34-21-30(39-51(44,45)50-32-12-8-7-11-31(32)41)33(49-34)23-48-37(25-9-5-4-6-10-25,26-13-17-28(46-2)18-14-26)27-15-19-29(47-3)20-16-27/h4-20,22,30,33-34,39,41H,21,23H2,1-3H3,(H,38,42,43)/t30-,33+,34+/m0/s1. The third-order valence-corrected chi connectivity index (χ3v) is 9.68. The Kier molecular flexibility index (Phi) is 10.3. The maximum Gasteiger partial charge on any atom is 0.383 e. The lowest BCUT2D eigenvalue weighted by Gasteiger charge is -2.37. The number of aromatic amines is 1. The highest BCUT2D eigenvalue weighted by molar-refractivity contribution is 7.85. The van der Waals surface area contributed by atoms with Crippen molar-refractivity contribution >= 4 is 10.3 Å². The van der Waals surface area contributed by atoms with Crippen molar-refractivity contribution in [2.24, 2.45) is 0 Å². The van der Waals surface area contributed by atoms with Crippen molar-refractivity contribution in [2.75, 3.05) is 20.8 Å². The summed E-state index contributed by atoms with van der Waals surface area (Å²) in [6, 6.07) is 29.0. The van der Waals surface area contributed by atoms with Crippen LogP contribution in [0.5, 0.6) is 23.0 Å². The second-order valence-electron chi connectivity index (χ2n) is 11.9. The Morgan fingerprint density at radius 3 is 2.02 bits per heavy atom. The number of aromatic hydroxyl groups is 1. The molecule has 51 heavy (non-hydrogen) atoms. The molecule has 1 saturated heterocycles. The van der Waals surface area contributed by atoms with E-state index >= 15 is 0 Å². The largest absolute Gasteiger partial charge is 0.504 e. The highest BCUT2D eigenvalue weighted by atomic mass is 32.2. The molecule has 3 atom stereocenters. The fraction of sp³-hybridized carbons (Fsp3) is 0.243. The van der Waals surface area contributed by atoms with Crippen LogP contribution in [0.4, 0.5) is 0 Å². The first-order chi connectivity index (χ1) is 24.5. The maximum absolute atomic E-state index is 13.4. The number of methoxy groups -OCH3 is 2. The van der Waals surface area contributed by atoms with Crippen LogP contribution in [0.1, 0.15) is 34.9 Å². The van der Waals surface area contributed by atoms with E-state index in [0.29, 0.717) is 11.5 Å². The predicted octanol–water partition coefficient (Wildman–Crippen LogP) is 4.15. The lowest BCUT2D eigenvalue weighted by atomic mass is 9.80. The summed E-state index contributed by atoms with van der Waals surface area (Å²) in [5, 5.41) is 10.2. The van der Waals surface area contributed by atoms with Crippen LogP contribution in [-0.2, 0) is 25.4 Å². The number of rotatable bonds is 13. The van der Waals surface area contributed by atoms with Crippen molar-refractivity contribution < 1.29 is 36.7 Å². The monoisotopic (exact) mass is 715 g/mol. The zero-order valence-electron chi connectivity index (χ0n) is 28.0. The molecule has 0 saturated carbocycles. The molecular formula is C37H37N3O10S. The van der Waals surface area contributed by atoms with Gasteiger partial charge in [-0.1, -0.05) is 66.7 Å². The fourth-order valence-corrected chi connectivity index (χ4v) is 7.16. The molecule has 266 valence electrons. The summed E-state index contributed by atoms with van der Waals surface area (Å²) in [4.78, 5) is 27.3. The highest BCUT2D eigenvalue weighted by Crippen LogP contribution is 2.43. The zero-order chi connectivity index (χ0) is 36.2. The van der Waals surface area contributed by atoms with Crippen molar-refractivity contribution in [3.8, 4) is 23.0 Å². The van der Waals surface area contributed by atoms with E-state index in [9.17, 15) is 23.1 Å². The molecular weight excluding hydrogens is 678 g/mol. The number of ether oxygens (including phenoxy) is 4. The van der Waals surface area contributed by atoms with Crippen LogP contribution in [0.15, 0.2) is 119 Å². The van der Waals surface area contributed by atoms with Gasteiger partial charge in [-0.3, -0.25) is 14.3 Å². The van der Waals surface area contributed by atoms with Crippen LogP contribution >= 0.6 is 0 Å². The first-order valence-corrected chi connectivity index (χ1v) is 17.4. The number of hydrogen-bond donors (Lipinski definition) is 3. The van der Waals surface area contributed by atoms with Crippen molar-refractivity contribution in [2.45, 2.75) is 37.3 Å². The quantitative estimate of drug-likeness (QED) is 0.151. The van der Waals surface area contributed by atoms with E-state index in [1.165, 1.54) is 35.0 Å². The smallest absolute Gasteiger partial charge is 0.383 e. The van der Waals surface area contributed by atoms with Crippen LogP contribution in [-0.4, -0.2) is 56.0 Å². The molecule has 13 nitrogen and oxygen atoms in total. The Morgan fingerprint density at radius 2 is 1.43 bits per heavy atom. The van der Waals surface area contributed by atoms with Gasteiger partial charge in [-0.15, -0.1) is 0 Å². The number of phenols is 1. The van der Waals surface area contributed by atoms with E-state index in [1.54, 1.807) is 21.1 Å². The van der Waals surface area contributed by atoms with Crippen LogP contribution in [0.25, 0.3) is 0 Å². The van der Waals surface area contributed by atoms with Crippen LogP contribution in [0, 0.1) is 6.92 Å². The van der Waals surface area contributed by atoms with Crippen molar-refractivity contribution in [3.63, 3.8) is 0 Å². The minimum Gasteiger partial charge on any atom is -0.504 e. The van der Waals surface area contributed by atoms with Gasteiger partial charge in [0, 0.05) is 18.2 Å². The molecule has 0 radical (unpaired) electrons. The van der Waals surface area contributed by atoms with Crippen LogP contribution in [0.3, 0.4) is 0 Å². The number of aromatic nitrogens is 2. The van der Waals surface area contributed by atoms with E-state index in [1.807, 2.05) is 78.9 Å². The van der Waals surface area contributed by atoms with Crippen molar-refractivity contribution in [1.82, 2.24) is 14.3 Å². The average Bonchev–Trinajstić information content (AvgIpc) is 3.53. The second kappa shape index (κ2) is 14.8. The number of benzene rings is 4. The molecule has 5 aromatic rings. The summed E-state index contributed by atoms with van der Waals surface area (Å²) < 4.78 is 59.9. The zero-order valence-corrected chi connectivity index (χ0v) is 28.8. The SMILES string of the molecule is COc1ccc(C(OC[C@H]2O[C@@H](n3cc(C)c(=O)[nH]c3=O)C[C@@H]2NS(=O)(=O)Oc2ccccc2O)(c2ccccc2)c2ccc(OC)cc2)cc1. The lowest BCUT2D eigenvalue weighted by molar-refractivity contribution is -0.0804. The topological polar surface area (TPSA) is 167 Å². The molecule has 0 bridgehead atoms. The molecule has 6 rings (SSSR count).